The standard InChI is InChI=1S/C16H12BrNO2/c1-11(16(19)13-5-7-14(17)8-6-13)20-15-4-2-3-12(9-15)10-18/h2-9,11H,1H3/t11-/m0/s1. The van der Waals surface area contributed by atoms with Crippen molar-refractivity contribution in [2.24, 2.45) is 0 Å². The van der Waals surface area contributed by atoms with Crippen molar-refractivity contribution in [3.63, 3.8) is 0 Å². The molecule has 2 aromatic rings. The molecule has 0 N–H and O–H groups in total. The van der Waals surface area contributed by atoms with Gasteiger partial charge in [-0.3, -0.25) is 4.79 Å². The second-order valence-corrected chi connectivity index (χ2v) is 5.19. The van der Waals surface area contributed by atoms with Crippen molar-refractivity contribution in [2.75, 3.05) is 0 Å². The van der Waals surface area contributed by atoms with Crippen molar-refractivity contribution in [1.29, 1.82) is 5.26 Å². The molecule has 0 fully saturated rings. The molecule has 4 heteroatoms. The summed E-state index contributed by atoms with van der Waals surface area (Å²) in [4.78, 5) is 12.2. The first-order valence-electron chi connectivity index (χ1n) is 6.07. The Balaban J connectivity index is 2.11. The molecule has 0 unspecified atom stereocenters. The molecular formula is C16H12BrNO2. The molecule has 0 aromatic heterocycles. The van der Waals surface area contributed by atoms with Crippen LogP contribution < -0.4 is 4.74 Å². The third-order valence-electron chi connectivity index (χ3n) is 2.77. The number of Topliss-reactive ketones (excluding diaryl/α,β-unsaturated/α-hetero) is 1. The lowest BCUT2D eigenvalue weighted by atomic mass is 10.1. The van der Waals surface area contributed by atoms with Crippen LogP contribution in [-0.4, -0.2) is 11.9 Å². The van der Waals surface area contributed by atoms with E-state index in [0.717, 1.165) is 4.47 Å². The quantitative estimate of drug-likeness (QED) is 0.797. The zero-order chi connectivity index (χ0) is 14.5. The van der Waals surface area contributed by atoms with Gasteiger partial charge in [0.1, 0.15) is 5.75 Å². The van der Waals surface area contributed by atoms with Gasteiger partial charge in [0.15, 0.2) is 6.10 Å². The topological polar surface area (TPSA) is 50.1 Å². The fourth-order valence-corrected chi connectivity index (χ4v) is 2.01. The van der Waals surface area contributed by atoms with Crippen molar-refractivity contribution in [3.05, 3.63) is 64.1 Å². The molecule has 0 bridgehead atoms. The van der Waals surface area contributed by atoms with Crippen LogP contribution >= 0.6 is 15.9 Å². The van der Waals surface area contributed by atoms with Crippen molar-refractivity contribution in [2.45, 2.75) is 13.0 Å². The van der Waals surface area contributed by atoms with E-state index >= 15 is 0 Å². The van der Waals surface area contributed by atoms with Gasteiger partial charge in [0.25, 0.3) is 0 Å². The Labute approximate surface area is 125 Å². The molecule has 100 valence electrons. The first kappa shape index (κ1) is 14.3. The summed E-state index contributed by atoms with van der Waals surface area (Å²) in [5.74, 6) is 0.418. The van der Waals surface area contributed by atoms with E-state index in [1.807, 2.05) is 18.2 Å². The number of carbonyl (C=O) groups is 1. The fourth-order valence-electron chi connectivity index (χ4n) is 1.75. The second kappa shape index (κ2) is 6.36. The summed E-state index contributed by atoms with van der Waals surface area (Å²) >= 11 is 3.33. The van der Waals surface area contributed by atoms with E-state index in [4.69, 9.17) is 10.00 Å². The van der Waals surface area contributed by atoms with E-state index in [2.05, 4.69) is 15.9 Å². The van der Waals surface area contributed by atoms with Gasteiger partial charge in [-0.25, -0.2) is 0 Å². The predicted octanol–water partition coefficient (Wildman–Crippen LogP) is 3.97. The molecule has 20 heavy (non-hydrogen) atoms. The molecule has 2 aromatic carbocycles. The summed E-state index contributed by atoms with van der Waals surface area (Å²) < 4.78 is 6.51. The number of carbonyl (C=O) groups excluding carboxylic acids is 1. The molecule has 0 saturated heterocycles. The first-order chi connectivity index (χ1) is 9.60. The molecule has 0 spiro atoms. The van der Waals surface area contributed by atoms with Crippen molar-refractivity contribution < 1.29 is 9.53 Å². The monoisotopic (exact) mass is 329 g/mol. The highest BCUT2D eigenvalue weighted by molar-refractivity contribution is 9.10. The van der Waals surface area contributed by atoms with E-state index in [1.54, 1.807) is 43.3 Å². The molecular weight excluding hydrogens is 318 g/mol. The number of hydrogen-bond donors (Lipinski definition) is 0. The highest BCUT2D eigenvalue weighted by Crippen LogP contribution is 2.17. The average molecular weight is 330 g/mol. The number of ketones is 1. The molecule has 0 aliphatic heterocycles. The lowest BCUT2D eigenvalue weighted by Crippen LogP contribution is -2.23. The number of ether oxygens (including phenoxy) is 1. The fraction of sp³-hybridized carbons (Fsp3) is 0.125. The van der Waals surface area contributed by atoms with Crippen molar-refractivity contribution >= 4 is 21.7 Å². The number of nitriles is 1. The molecule has 0 aliphatic carbocycles. The zero-order valence-electron chi connectivity index (χ0n) is 10.8. The summed E-state index contributed by atoms with van der Waals surface area (Å²) in [5.41, 5.74) is 1.10. The summed E-state index contributed by atoms with van der Waals surface area (Å²) in [6, 6.07) is 15.9. The minimum atomic E-state index is -0.606. The van der Waals surface area contributed by atoms with Gasteiger partial charge < -0.3 is 4.74 Å². The van der Waals surface area contributed by atoms with E-state index in [0.29, 0.717) is 16.9 Å². The highest BCUT2D eigenvalue weighted by Gasteiger charge is 2.16. The summed E-state index contributed by atoms with van der Waals surface area (Å²) in [7, 11) is 0. The zero-order valence-corrected chi connectivity index (χ0v) is 12.4. The van der Waals surface area contributed by atoms with Gasteiger partial charge in [-0.15, -0.1) is 0 Å². The van der Waals surface area contributed by atoms with Crippen LogP contribution in [0.5, 0.6) is 5.75 Å². The van der Waals surface area contributed by atoms with E-state index in [1.165, 1.54) is 0 Å². The van der Waals surface area contributed by atoms with E-state index < -0.39 is 6.10 Å². The van der Waals surface area contributed by atoms with Crippen LogP contribution in [0, 0.1) is 11.3 Å². The Morgan fingerprint density at radius 1 is 1.25 bits per heavy atom. The van der Waals surface area contributed by atoms with Crippen molar-refractivity contribution in [3.8, 4) is 11.8 Å². The number of halogens is 1. The lowest BCUT2D eigenvalue weighted by Gasteiger charge is -2.13. The normalized spacial score (nSPS) is 11.4. The lowest BCUT2D eigenvalue weighted by molar-refractivity contribution is 0.0818. The van der Waals surface area contributed by atoms with Gasteiger partial charge in [0.2, 0.25) is 5.78 Å². The van der Waals surface area contributed by atoms with Crippen LogP contribution in [0.3, 0.4) is 0 Å². The number of nitrogens with zero attached hydrogens (tertiary/aromatic N) is 1. The molecule has 1 atom stereocenters. The van der Waals surface area contributed by atoms with Crippen LogP contribution in [0.2, 0.25) is 0 Å². The van der Waals surface area contributed by atoms with E-state index in [9.17, 15) is 4.79 Å². The minimum Gasteiger partial charge on any atom is -0.483 e. The van der Waals surface area contributed by atoms with Gasteiger partial charge >= 0.3 is 0 Å². The Hall–Kier alpha value is -2.12. The van der Waals surface area contributed by atoms with Gasteiger partial charge in [-0.2, -0.15) is 5.26 Å². The van der Waals surface area contributed by atoms with Crippen LogP contribution in [0.25, 0.3) is 0 Å². The van der Waals surface area contributed by atoms with E-state index in [-0.39, 0.29) is 5.78 Å². The van der Waals surface area contributed by atoms with Gasteiger partial charge in [0, 0.05) is 10.0 Å². The maximum Gasteiger partial charge on any atom is 0.202 e. The predicted molar refractivity (Wildman–Crippen MR) is 79.7 cm³/mol. The molecule has 0 radical (unpaired) electrons. The second-order valence-electron chi connectivity index (χ2n) is 4.27. The molecule has 0 amide bonds. The molecule has 2 rings (SSSR count). The molecule has 0 saturated carbocycles. The van der Waals surface area contributed by atoms with Crippen molar-refractivity contribution in [1.82, 2.24) is 0 Å². The van der Waals surface area contributed by atoms with Crippen LogP contribution in [0.1, 0.15) is 22.8 Å². The summed E-state index contributed by atoms with van der Waals surface area (Å²) in [6.45, 7) is 1.70. The highest BCUT2D eigenvalue weighted by atomic mass is 79.9. The maximum absolute atomic E-state index is 12.2. The molecule has 0 aliphatic rings. The Bertz CT molecular complexity index is 659. The van der Waals surface area contributed by atoms with Gasteiger partial charge in [-0.05, 0) is 37.3 Å². The SMILES string of the molecule is C[C@H](Oc1cccc(C#N)c1)C(=O)c1ccc(Br)cc1. The molecule has 0 heterocycles. The summed E-state index contributed by atoms with van der Waals surface area (Å²) in [6.07, 6.45) is -0.606. The Morgan fingerprint density at radius 3 is 2.60 bits per heavy atom. The Kier molecular flexibility index (Phi) is 4.54. The average Bonchev–Trinajstić information content (AvgIpc) is 2.47. The first-order valence-corrected chi connectivity index (χ1v) is 6.86. The third kappa shape index (κ3) is 3.46. The number of hydrogen-bond acceptors (Lipinski definition) is 3. The number of benzene rings is 2. The summed E-state index contributed by atoms with van der Waals surface area (Å²) in [5, 5.41) is 8.83. The van der Waals surface area contributed by atoms with Crippen LogP contribution in [-0.2, 0) is 0 Å². The Morgan fingerprint density at radius 2 is 1.95 bits per heavy atom. The number of rotatable bonds is 4. The third-order valence-corrected chi connectivity index (χ3v) is 3.30. The van der Waals surface area contributed by atoms with Gasteiger partial charge in [0.05, 0.1) is 11.6 Å². The van der Waals surface area contributed by atoms with Crippen LogP contribution in [0.4, 0.5) is 0 Å². The largest absolute Gasteiger partial charge is 0.483 e. The smallest absolute Gasteiger partial charge is 0.202 e. The maximum atomic E-state index is 12.2. The molecule has 3 nitrogen and oxygen atoms in total. The minimum absolute atomic E-state index is 0.0974. The van der Waals surface area contributed by atoms with Gasteiger partial charge in [-0.1, -0.05) is 34.1 Å². The van der Waals surface area contributed by atoms with Crippen LogP contribution in [0.15, 0.2) is 53.0 Å².